The van der Waals surface area contributed by atoms with Gasteiger partial charge >= 0.3 is 0 Å². The first-order valence-corrected chi connectivity index (χ1v) is 14.4. The molecule has 1 aliphatic heterocycles. The number of nitrogens with zero attached hydrogens (tertiary/aromatic N) is 1. The molecule has 0 spiro atoms. The molecule has 44 heavy (non-hydrogen) atoms. The number of anilines is 1. The van der Waals surface area contributed by atoms with Crippen LogP contribution in [0.4, 0.5) is 5.69 Å². The fourth-order valence-electron chi connectivity index (χ4n) is 4.61. The molecule has 4 amide bonds. The minimum atomic E-state index is -1.26. The highest BCUT2D eigenvalue weighted by molar-refractivity contribution is 6.30. The van der Waals surface area contributed by atoms with Crippen LogP contribution >= 0.6 is 11.6 Å². The van der Waals surface area contributed by atoms with Crippen LogP contribution in [0, 0.1) is 5.92 Å². The van der Waals surface area contributed by atoms with Crippen molar-refractivity contribution in [2.45, 2.75) is 25.6 Å². The third-order valence-corrected chi connectivity index (χ3v) is 7.20. The summed E-state index contributed by atoms with van der Waals surface area (Å²) in [7, 11) is 0. The number of nitrogens with one attached hydrogen (secondary N) is 2. The van der Waals surface area contributed by atoms with Gasteiger partial charge in [0.1, 0.15) is 23.5 Å². The average molecular weight is 612 g/mol. The molecule has 10 heteroatoms. The number of hydrogen-bond donors (Lipinski definition) is 2. The molecule has 1 heterocycles. The van der Waals surface area contributed by atoms with Gasteiger partial charge in [-0.1, -0.05) is 72.3 Å². The van der Waals surface area contributed by atoms with Crippen LogP contribution in [0.25, 0.3) is 0 Å². The van der Waals surface area contributed by atoms with Crippen LogP contribution in [0.1, 0.15) is 17.5 Å². The number of hydrogen-bond acceptors (Lipinski definition) is 6. The molecule has 224 valence electrons. The summed E-state index contributed by atoms with van der Waals surface area (Å²) in [5, 5.41) is 5.94. The summed E-state index contributed by atoms with van der Waals surface area (Å²) in [5.41, 5.74) is 2.06. The Kier molecular flexibility index (Phi) is 10.0. The summed E-state index contributed by atoms with van der Waals surface area (Å²) in [4.78, 5) is 53.5. The molecule has 2 N–H and O–H groups in total. The van der Waals surface area contributed by atoms with E-state index in [2.05, 4.69) is 10.6 Å². The second-order valence-corrected chi connectivity index (χ2v) is 10.6. The number of ether oxygens (including phenoxy) is 2. The van der Waals surface area contributed by atoms with Crippen LogP contribution in [0.2, 0.25) is 5.02 Å². The van der Waals surface area contributed by atoms with Crippen LogP contribution < -0.4 is 15.4 Å². The number of halogens is 1. The van der Waals surface area contributed by atoms with E-state index >= 15 is 0 Å². The SMILES string of the molecule is O=C(Nc1ccc(Oc2ccccc2)cc1)C(COCc1ccccc1)NC(=O)C1CC(=O)N(Cc2ccc(Cl)cc2)C1=O. The van der Waals surface area contributed by atoms with Crippen LogP contribution in [0.15, 0.2) is 109 Å². The van der Waals surface area contributed by atoms with Gasteiger partial charge in [0, 0.05) is 17.1 Å². The van der Waals surface area contributed by atoms with Crippen molar-refractivity contribution in [1.29, 1.82) is 0 Å². The molecule has 1 saturated heterocycles. The molecule has 2 unspecified atom stereocenters. The number of imide groups is 1. The molecule has 5 rings (SSSR count). The van der Waals surface area contributed by atoms with Crippen LogP contribution in [-0.2, 0) is 37.1 Å². The predicted octanol–water partition coefficient (Wildman–Crippen LogP) is 5.35. The number of para-hydroxylation sites is 1. The van der Waals surface area contributed by atoms with Gasteiger partial charge in [0.05, 0.1) is 19.8 Å². The van der Waals surface area contributed by atoms with E-state index in [1.807, 2.05) is 60.7 Å². The Hall–Kier alpha value is -4.99. The maximum Gasteiger partial charge on any atom is 0.249 e. The van der Waals surface area contributed by atoms with Gasteiger partial charge in [-0.15, -0.1) is 0 Å². The van der Waals surface area contributed by atoms with E-state index in [0.717, 1.165) is 10.5 Å². The van der Waals surface area contributed by atoms with Gasteiger partial charge in [-0.05, 0) is 59.7 Å². The molecule has 4 aromatic rings. The van der Waals surface area contributed by atoms with Crippen LogP contribution in [0.5, 0.6) is 11.5 Å². The van der Waals surface area contributed by atoms with E-state index in [-0.39, 0.29) is 26.2 Å². The quantitative estimate of drug-likeness (QED) is 0.165. The lowest BCUT2D eigenvalue weighted by Gasteiger charge is -2.20. The maximum atomic E-state index is 13.4. The number of amides is 4. The molecular formula is C34H30ClN3O6. The predicted molar refractivity (Wildman–Crippen MR) is 165 cm³/mol. The molecule has 2 atom stereocenters. The Morgan fingerprint density at radius 3 is 2.14 bits per heavy atom. The lowest BCUT2D eigenvalue weighted by molar-refractivity contribution is -0.142. The Bertz CT molecular complexity index is 1600. The Morgan fingerprint density at radius 2 is 1.45 bits per heavy atom. The zero-order valence-electron chi connectivity index (χ0n) is 23.7. The summed E-state index contributed by atoms with van der Waals surface area (Å²) in [6, 6.07) is 31.0. The van der Waals surface area contributed by atoms with Crippen molar-refractivity contribution in [3.63, 3.8) is 0 Å². The lowest BCUT2D eigenvalue weighted by Crippen LogP contribution is -2.49. The number of likely N-dealkylation sites (tertiary alicyclic amines) is 1. The third-order valence-electron chi connectivity index (χ3n) is 6.94. The molecule has 0 aliphatic carbocycles. The first kappa shape index (κ1) is 30.5. The molecule has 0 saturated carbocycles. The van der Waals surface area contributed by atoms with Gasteiger partial charge in [0.2, 0.25) is 23.6 Å². The standard InChI is InChI=1S/C34H30ClN3O6/c35-25-13-11-23(12-14-25)20-38-31(39)19-29(34(38)42)32(40)37-30(22-43-21-24-7-3-1-4-8-24)33(41)36-26-15-17-28(18-16-26)44-27-9-5-2-6-10-27/h1-18,29-30H,19-22H2,(H,36,41)(H,37,40). The molecule has 1 aliphatic rings. The summed E-state index contributed by atoms with van der Waals surface area (Å²) < 4.78 is 11.6. The minimum absolute atomic E-state index is 0.0205. The minimum Gasteiger partial charge on any atom is -0.457 e. The van der Waals surface area contributed by atoms with Gasteiger partial charge in [-0.25, -0.2) is 0 Å². The zero-order chi connectivity index (χ0) is 30.9. The Labute approximate surface area is 259 Å². The van der Waals surface area contributed by atoms with Crippen molar-refractivity contribution < 1.29 is 28.7 Å². The van der Waals surface area contributed by atoms with E-state index in [1.165, 1.54) is 0 Å². The second-order valence-electron chi connectivity index (χ2n) is 10.2. The summed E-state index contributed by atoms with van der Waals surface area (Å²) in [5.74, 6) is -2.36. The number of benzene rings is 4. The monoisotopic (exact) mass is 611 g/mol. The number of carbonyl (C=O) groups excluding carboxylic acids is 4. The molecule has 0 aromatic heterocycles. The summed E-state index contributed by atoms with van der Waals surface area (Å²) in [6.07, 6.45) is -0.291. The van der Waals surface area contributed by atoms with Gasteiger partial charge < -0.3 is 20.1 Å². The lowest BCUT2D eigenvalue weighted by atomic mass is 10.1. The zero-order valence-corrected chi connectivity index (χ0v) is 24.4. The molecule has 4 aromatic carbocycles. The highest BCUT2D eigenvalue weighted by Gasteiger charge is 2.43. The first-order valence-electron chi connectivity index (χ1n) is 14.0. The second kappa shape index (κ2) is 14.5. The van der Waals surface area contributed by atoms with Crippen molar-refractivity contribution in [2.24, 2.45) is 5.92 Å². The molecule has 9 nitrogen and oxygen atoms in total. The number of carbonyl (C=O) groups is 4. The van der Waals surface area contributed by atoms with Gasteiger partial charge in [-0.3, -0.25) is 24.1 Å². The van der Waals surface area contributed by atoms with E-state index < -0.39 is 35.6 Å². The van der Waals surface area contributed by atoms with Crippen LogP contribution in [0.3, 0.4) is 0 Å². The van der Waals surface area contributed by atoms with Crippen LogP contribution in [-0.4, -0.2) is 41.2 Å². The fourth-order valence-corrected chi connectivity index (χ4v) is 4.74. The molecule has 0 bridgehead atoms. The van der Waals surface area contributed by atoms with E-state index in [4.69, 9.17) is 21.1 Å². The first-order chi connectivity index (χ1) is 21.4. The van der Waals surface area contributed by atoms with Crippen molar-refractivity contribution in [3.8, 4) is 11.5 Å². The normalized spacial score (nSPS) is 15.1. The van der Waals surface area contributed by atoms with E-state index in [9.17, 15) is 19.2 Å². The Morgan fingerprint density at radius 1 is 0.818 bits per heavy atom. The van der Waals surface area contributed by atoms with E-state index in [1.54, 1.807) is 48.5 Å². The van der Waals surface area contributed by atoms with Crippen molar-refractivity contribution in [2.75, 3.05) is 11.9 Å². The fraction of sp³-hybridized carbons (Fsp3) is 0.176. The van der Waals surface area contributed by atoms with Gasteiger partial charge in [0.25, 0.3) is 0 Å². The molecule has 0 radical (unpaired) electrons. The molecular weight excluding hydrogens is 582 g/mol. The van der Waals surface area contributed by atoms with E-state index in [0.29, 0.717) is 27.8 Å². The number of rotatable bonds is 12. The van der Waals surface area contributed by atoms with Gasteiger partial charge in [0.15, 0.2) is 0 Å². The largest absolute Gasteiger partial charge is 0.457 e. The topological polar surface area (TPSA) is 114 Å². The van der Waals surface area contributed by atoms with Crippen molar-refractivity contribution in [3.05, 3.63) is 125 Å². The van der Waals surface area contributed by atoms with Crippen molar-refractivity contribution in [1.82, 2.24) is 10.2 Å². The maximum absolute atomic E-state index is 13.4. The molecule has 1 fully saturated rings. The third kappa shape index (κ3) is 8.09. The van der Waals surface area contributed by atoms with Crippen molar-refractivity contribution >= 4 is 40.9 Å². The highest BCUT2D eigenvalue weighted by atomic mass is 35.5. The summed E-state index contributed by atoms with van der Waals surface area (Å²) >= 11 is 5.93. The van der Waals surface area contributed by atoms with Gasteiger partial charge in [-0.2, -0.15) is 0 Å². The Balaban J connectivity index is 1.24. The smallest absolute Gasteiger partial charge is 0.249 e. The average Bonchev–Trinajstić information content (AvgIpc) is 3.32. The highest BCUT2D eigenvalue weighted by Crippen LogP contribution is 2.24. The summed E-state index contributed by atoms with van der Waals surface area (Å²) in [6.45, 7) is 0.0689.